The van der Waals surface area contributed by atoms with Crippen LogP contribution < -0.4 is 16.2 Å². The average molecular weight is 450 g/mol. The zero-order chi connectivity index (χ0) is 22.9. The van der Waals surface area contributed by atoms with Gasteiger partial charge < -0.3 is 15.4 Å². The lowest BCUT2D eigenvalue weighted by Crippen LogP contribution is -2.30. The summed E-state index contributed by atoms with van der Waals surface area (Å²) >= 11 is 0. The molecular formula is C23H27N7O3. The number of nitrogens with one attached hydrogen (secondary N) is 4. The summed E-state index contributed by atoms with van der Waals surface area (Å²) in [6.07, 6.45) is 3.69. The van der Waals surface area contributed by atoms with Crippen LogP contribution in [0.4, 0.5) is 5.69 Å². The molecule has 0 radical (unpaired) electrons. The van der Waals surface area contributed by atoms with Gasteiger partial charge in [-0.1, -0.05) is 0 Å². The number of carbonyl (C=O) groups excluding carboxylic acids is 1. The predicted octanol–water partition coefficient (Wildman–Crippen LogP) is 2.45. The Morgan fingerprint density at radius 1 is 1.24 bits per heavy atom. The number of pyridine rings is 1. The van der Waals surface area contributed by atoms with Crippen LogP contribution in [0.2, 0.25) is 0 Å². The van der Waals surface area contributed by atoms with Crippen molar-refractivity contribution in [2.45, 2.75) is 45.8 Å². The number of carbonyl (C=O) groups is 1. The third-order valence-electron chi connectivity index (χ3n) is 6.23. The van der Waals surface area contributed by atoms with Gasteiger partial charge in [0.2, 0.25) is 0 Å². The first-order chi connectivity index (χ1) is 16.0. The predicted molar refractivity (Wildman–Crippen MR) is 125 cm³/mol. The molecule has 0 aliphatic carbocycles. The lowest BCUT2D eigenvalue weighted by molar-refractivity contribution is 0.0904. The molecule has 0 saturated carbocycles. The van der Waals surface area contributed by atoms with Gasteiger partial charge in [-0.25, -0.2) is 9.67 Å². The largest absolute Gasteiger partial charge is 0.381 e. The van der Waals surface area contributed by atoms with Gasteiger partial charge in [0.25, 0.3) is 11.5 Å². The Balaban J connectivity index is 1.45. The van der Waals surface area contributed by atoms with E-state index in [-0.39, 0.29) is 17.5 Å². The monoisotopic (exact) mass is 449 g/mol. The number of aromatic amines is 2. The highest BCUT2D eigenvalue weighted by molar-refractivity contribution is 5.98. The van der Waals surface area contributed by atoms with E-state index in [4.69, 9.17) is 9.72 Å². The third-order valence-corrected chi connectivity index (χ3v) is 6.23. The zero-order valence-corrected chi connectivity index (χ0v) is 18.7. The van der Waals surface area contributed by atoms with E-state index >= 15 is 0 Å². The van der Waals surface area contributed by atoms with Crippen LogP contribution in [0.15, 0.2) is 29.2 Å². The van der Waals surface area contributed by atoms with Gasteiger partial charge in [-0.3, -0.25) is 19.8 Å². The molecule has 0 unspecified atom stereocenters. The van der Waals surface area contributed by atoms with Gasteiger partial charge in [-0.05, 0) is 44.9 Å². The number of ether oxygens (including phenoxy) is 1. The highest BCUT2D eigenvalue weighted by Crippen LogP contribution is 2.30. The van der Waals surface area contributed by atoms with E-state index in [0.29, 0.717) is 23.0 Å². The Morgan fingerprint density at radius 3 is 2.85 bits per heavy atom. The number of aryl methyl sites for hydroxylation is 2. The fourth-order valence-corrected chi connectivity index (χ4v) is 4.35. The Kier molecular flexibility index (Phi) is 5.59. The quantitative estimate of drug-likeness (QED) is 0.358. The highest BCUT2D eigenvalue weighted by Gasteiger charge is 2.21. The smallest absolute Gasteiger partial charge is 0.271 e. The van der Waals surface area contributed by atoms with Gasteiger partial charge in [0.15, 0.2) is 5.65 Å². The van der Waals surface area contributed by atoms with Crippen molar-refractivity contribution in [3.05, 3.63) is 51.6 Å². The molecule has 0 atom stereocenters. The molecular weight excluding hydrogens is 422 g/mol. The molecule has 1 aliphatic heterocycles. The second kappa shape index (κ2) is 8.70. The molecule has 172 valence electrons. The van der Waals surface area contributed by atoms with Gasteiger partial charge in [0, 0.05) is 49.2 Å². The molecule has 1 fully saturated rings. The van der Waals surface area contributed by atoms with E-state index in [0.717, 1.165) is 60.6 Å². The fourth-order valence-electron chi connectivity index (χ4n) is 4.35. The summed E-state index contributed by atoms with van der Waals surface area (Å²) in [6, 6.07) is 5.26. The number of hydrogen-bond donors (Lipinski definition) is 4. The number of rotatable bonds is 6. The normalized spacial score (nSPS) is 14.7. The van der Waals surface area contributed by atoms with E-state index in [2.05, 4.69) is 25.9 Å². The molecule has 4 aromatic rings. The molecule has 5 rings (SSSR count). The van der Waals surface area contributed by atoms with Gasteiger partial charge in [-0.2, -0.15) is 5.10 Å². The number of amides is 1. The Bertz CT molecular complexity index is 1380. The molecule has 1 amide bonds. The summed E-state index contributed by atoms with van der Waals surface area (Å²) in [4.78, 5) is 29.4. The number of benzene rings is 1. The van der Waals surface area contributed by atoms with E-state index < -0.39 is 0 Å². The van der Waals surface area contributed by atoms with Crippen molar-refractivity contribution in [2.75, 3.05) is 18.5 Å². The van der Waals surface area contributed by atoms with Gasteiger partial charge in [0.1, 0.15) is 0 Å². The van der Waals surface area contributed by atoms with Gasteiger partial charge >= 0.3 is 0 Å². The SMILES string of the molecule is CCn1ncc2c(NC3CCOCC3)c(CNC(=O)c3ccc4c(=O)[nH][nH]c4c3)c(C)nc21. The fraction of sp³-hybridized carbons (Fsp3) is 0.391. The van der Waals surface area contributed by atoms with Crippen molar-refractivity contribution < 1.29 is 9.53 Å². The molecule has 10 nitrogen and oxygen atoms in total. The van der Waals surface area contributed by atoms with Crippen LogP contribution in [0.3, 0.4) is 0 Å². The second-order valence-corrected chi connectivity index (χ2v) is 8.30. The minimum atomic E-state index is -0.222. The standard InChI is InChI=1S/C23H27N7O3/c1-3-30-21-18(12-25-30)20(27-15-6-8-33-9-7-15)17(13(2)26-21)11-24-22(31)14-4-5-16-19(10-14)28-29-23(16)32/h4-5,10,12,15H,3,6-9,11H2,1-2H3,(H,24,31)(H,26,27)(H2,28,29,32). The van der Waals surface area contributed by atoms with E-state index in [9.17, 15) is 9.59 Å². The van der Waals surface area contributed by atoms with Crippen molar-refractivity contribution in [3.63, 3.8) is 0 Å². The number of anilines is 1. The maximum absolute atomic E-state index is 12.9. The first-order valence-corrected chi connectivity index (χ1v) is 11.2. The van der Waals surface area contributed by atoms with Crippen LogP contribution >= 0.6 is 0 Å². The summed E-state index contributed by atoms with van der Waals surface area (Å²) < 4.78 is 7.39. The Labute approximate surface area is 189 Å². The molecule has 1 saturated heterocycles. The first-order valence-electron chi connectivity index (χ1n) is 11.2. The topological polar surface area (TPSA) is 130 Å². The van der Waals surface area contributed by atoms with E-state index in [1.54, 1.807) is 18.2 Å². The number of aromatic nitrogens is 5. The van der Waals surface area contributed by atoms with Crippen LogP contribution in [-0.2, 0) is 17.8 Å². The summed E-state index contributed by atoms with van der Waals surface area (Å²) in [7, 11) is 0. The molecule has 4 N–H and O–H groups in total. The molecule has 3 aromatic heterocycles. The van der Waals surface area contributed by atoms with Gasteiger partial charge in [0.05, 0.1) is 28.2 Å². The summed E-state index contributed by atoms with van der Waals surface area (Å²) in [5.74, 6) is -0.222. The van der Waals surface area contributed by atoms with Crippen molar-refractivity contribution in [1.29, 1.82) is 0 Å². The van der Waals surface area contributed by atoms with Crippen molar-refractivity contribution in [1.82, 2.24) is 30.3 Å². The van der Waals surface area contributed by atoms with Crippen molar-refractivity contribution in [2.24, 2.45) is 0 Å². The lowest BCUT2D eigenvalue weighted by Gasteiger charge is -2.26. The maximum atomic E-state index is 12.9. The minimum Gasteiger partial charge on any atom is -0.381 e. The minimum absolute atomic E-state index is 0.205. The Hall–Kier alpha value is -3.66. The molecule has 0 bridgehead atoms. The molecule has 1 aliphatic rings. The number of hydrogen-bond acceptors (Lipinski definition) is 6. The van der Waals surface area contributed by atoms with Crippen molar-refractivity contribution in [3.8, 4) is 0 Å². The molecule has 10 heteroatoms. The Morgan fingerprint density at radius 2 is 2.06 bits per heavy atom. The van der Waals surface area contributed by atoms with E-state index in [1.165, 1.54) is 0 Å². The average Bonchev–Trinajstić information content (AvgIpc) is 3.41. The number of H-pyrrole nitrogens is 2. The molecule has 33 heavy (non-hydrogen) atoms. The number of nitrogens with zero attached hydrogens (tertiary/aromatic N) is 3. The third kappa shape index (κ3) is 3.97. The van der Waals surface area contributed by atoms with Crippen LogP contribution in [0.5, 0.6) is 0 Å². The maximum Gasteiger partial charge on any atom is 0.271 e. The van der Waals surface area contributed by atoms with Crippen LogP contribution in [-0.4, -0.2) is 50.1 Å². The van der Waals surface area contributed by atoms with Crippen molar-refractivity contribution >= 4 is 33.5 Å². The zero-order valence-electron chi connectivity index (χ0n) is 18.7. The second-order valence-electron chi connectivity index (χ2n) is 8.30. The molecule has 0 spiro atoms. The first kappa shape index (κ1) is 21.2. The summed E-state index contributed by atoms with van der Waals surface area (Å²) in [5.41, 5.74) is 4.45. The molecule has 1 aromatic carbocycles. The summed E-state index contributed by atoms with van der Waals surface area (Å²) in [5, 5.41) is 18.0. The summed E-state index contributed by atoms with van der Waals surface area (Å²) in [6.45, 7) is 6.51. The van der Waals surface area contributed by atoms with Gasteiger partial charge in [-0.15, -0.1) is 0 Å². The molecule has 4 heterocycles. The highest BCUT2D eigenvalue weighted by atomic mass is 16.5. The van der Waals surface area contributed by atoms with E-state index in [1.807, 2.05) is 24.7 Å². The van der Waals surface area contributed by atoms with Crippen LogP contribution in [0, 0.1) is 6.92 Å². The number of fused-ring (bicyclic) bond motifs is 2. The van der Waals surface area contributed by atoms with Crippen LogP contribution in [0.25, 0.3) is 21.9 Å². The lowest BCUT2D eigenvalue weighted by atomic mass is 10.0. The van der Waals surface area contributed by atoms with Crippen LogP contribution in [0.1, 0.15) is 41.4 Å².